The van der Waals surface area contributed by atoms with Gasteiger partial charge in [0.2, 0.25) is 0 Å². The van der Waals surface area contributed by atoms with Gasteiger partial charge in [0.25, 0.3) is 0 Å². The Morgan fingerprint density at radius 3 is 2.40 bits per heavy atom. The van der Waals surface area contributed by atoms with Gasteiger partial charge in [0.1, 0.15) is 5.82 Å². The molecule has 20 heavy (non-hydrogen) atoms. The van der Waals surface area contributed by atoms with E-state index in [0.717, 1.165) is 24.1 Å². The third-order valence-corrected chi connectivity index (χ3v) is 5.23. The Morgan fingerprint density at radius 2 is 1.85 bits per heavy atom. The Bertz CT molecular complexity index is 445. The van der Waals surface area contributed by atoms with Crippen molar-refractivity contribution >= 4 is 21.6 Å². The second kappa shape index (κ2) is 6.46. The highest BCUT2D eigenvalue weighted by Gasteiger charge is 2.29. The van der Waals surface area contributed by atoms with Gasteiger partial charge in [-0.2, -0.15) is 0 Å². The van der Waals surface area contributed by atoms with Gasteiger partial charge in [0.15, 0.2) is 0 Å². The number of hydrogen-bond acceptors (Lipinski definition) is 1. The number of nitrogens with one attached hydrogen (secondary N) is 1. The van der Waals surface area contributed by atoms with E-state index < -0.39 is 0 Å². The molecule has 0 aromatic heterocycles. The molecule has 0 spiro atoms. The molecule has 0 amide bonds. The maximum absolute atomic E-state index is 13.4. The third kappa shape index (κ3) is 4.21. The molecule has 1 aromatic rings. The van der Waals surface area contributed by atoms with Crippen LogP contribution in [0.2, 0.25) is 0 Å². The number of anilines is 1. The number of rotatable bonds is 3. The fourth-order valence-corrected chi connectivity index (χ4v) is 3.35. The summed E-state index contributed by atoms with van der Waals surface area (Å²) in [4.78, 5) is 0. The van der Waals surface area contributed by atoms with Crippen LogP contribution in [0, 0.1) is 23.1 Å². The molecule has 1 nitrogen and oxygen atoms in total. The van der Waals surface area contributed by atoms with E-state index in [0.29, 0.717) is 9.89 Å². The van der Waals surface area contributed by atoms with Crippen molar-refractivity contribution in [3.05, 3.63) is 28.5 Å². The molecule has 1 N–H and O–H groups in total. The monoisotopic (exact) mass is 341 g/mol. The lowest BCUT2D eigenvalue weighted by Crippen LogP contribution is -2.28. The molecule has 112 valence electrons. The summed E-state index contributed by atoms with van der Waals surface area (Å²) in [5.41, 5.74) is 1.32. The lowest BCUT2D eigenvalue weighted by Gasteiger charge is -2.37. The fourth-order valence-electron chi connectivity index (χ4n) is 3.10. The summed E-state index contributed by atoms with van der Waals surface area (Å²) in [6, 6.07) is 5.24. The van der Waals surface area contributed by atoms with Gasteiger partial charge in [-0.3, -0.25) is 0 Å². The molecule has 1 saturated carbocycles. The summed E-state index contributed by atoms with van der Waals surface area (Å²) >= 11 is 3.18. The molecule has 0 bridgehead atoms. The van der Waals surface area contributed by atoms with Crippen molar-refractivity contribution in [2.24, 2.45) is 17.3 Å². The molecule has 1 aliphatic carbocycles. The van der Waals surface area contributed by atoms with Crippen molar-refractivity contribution in [1.29, 1.82) is 0 Å². The first-order chi connectivity index (χ1) is 9.36. The van der Waals surface area contributed by atoms with Crippen molar-refractivity contribution in [2.45, 2.75) is 46.5 Å². The smallest absolute Gasteiger partial charge is 0.139 e. The third-order valence-electron chi connectivity index (χ3n) is 4.59. The standard InChI is InChI=1S/C17H25BrFN/c1-17(2,3)13-6-4-12(5-7-13)11-20-14-8-9-15(18)16(19)10-14/h8-10,12-13,20H,4-7,11H2,1-3H3. The highest BCUT2D eigenvalue weighted by molar-refractivity contribution is 9.10. The van der Waals surface area contributed by atoms with Gasteiger partial charge in [-0.15, -0.1) is 0 Å². The van der Waals surface area contributed by atoms with E-state index in [4.69, 9.17) is 0 Å². The van der Waals surface area contributed by atoms with E-state index in [1.54, 1.807) is 12.1 Å². The van der Waals surface area contributed by atoms with Crippen molar-refractivity contribution < 1.29 is 4.39 Å². The largest absolute Gasteiger partial charge is 0.385 e. The molecular weight excluding hydrogens is 317 g/mol. The normalized spacial score (nSPS) is 23.6. The summed E-state index contributed by atoms with van der Waals surface area (Å²) in [5, 5.41) is 3.38. The molecule has 2 rings (SSSR count). The van der Waals surface area contributed by atoms with E-state index in [-0.39, 0.29) is 5.82 Å². The van der Waals surface area contributed by atoms with Crippen LogP contribution in [0.1, 0.15) is 46.5 Å². The zero-order chi connectivity index (χ0) is 14.8. The van der Waals surface area contributed by atoms with E-state index in [2.05, 4.69) is 42.0 Å². The van der Waals surface area contributed by atoms with Gasteiger partial charge in [0, 0.05) is 12.2 Å². The first-order valence-corrected chi connectivity index (χ1v) is 8.34. The fraction of sp³-hybridized carbons (Fsp3) is 0.647. The van der Waals surface area contributed by atoms with Crippen molar-refractivity contribution in [2.75, 3.05) is 11.9 Å². The first-order valence-electron chi connectivity index (χ1n) is 7.55. The summed E-state index contributed by atoms with van der Waals surface area (Å²) in [7, 11) is 0. The van der Waals surface area contributed by atoms with Gasteiger partial charge >= 0.3 is 0 Å². The lowest BCUT2D eigenvalue weighted by molar-refractivity contribution is 0.153. The first kappa shape index (κ1) is 15.8. The predicted molar refractivity (Wildman–Crippen MR) is 87.5 cm³/mol. The summed E-state index contributed by atoms with van der Waals surface area (Å²) in [6.07, 6.45) is 5.22. The summed E-state index contributed by atoms with van der Waals surface area (Å²) < 4.78 is 14.0. The van der Waals surface area contributed by atoms with E-state index in [9.17, 15) is 4.39 Å². The molecular formula is C17H25BrFN. The molecule has 1 aliphatic rings. The quantitative estimate of drug-likeness (QED) is 0.726. The zero-order valence-corrected chi connectivity index (χ0v) is 14.3. The van der Waals surface area contributed by atoms with Crippen LogP contribution in [0.15, 0.2) is 22.7 Å². The molecule has 0 radical (unpaired) electrons. The van der Waals surface area contributed by atoms with Crippen LogP contribution in [0.4, 0.5) is 10.1 Å². The lowest BCUT2D eigenvalue weighted by atomic mass is 9.70. The maximum atomic E-state index is 13.4. The predicted octanol–water partition coefficient (Wildman–Crippen LogP) is 5.85. The average molecular weight is 342 g/mol. The molecule has 0 unspecified atom stereocenters. The second-order valence-electron chi connectivity index (χ2n) is 7.09. The van der Waals surface area contributed by atoms with Crippen LogP contribution in [-0.2, 0) is 0 Å². The topological polar surface area (TPSA) is 12.0 Å². The maximum Gasteiger partial charge on any atom is 0.139 e. The SMILES string of the molecule is CC(C)(C)C1CCC(CNc2ccc(Br)c(F)c2)CC1. The number of halogens is 2. The van der Waals surface area contributed by atoms with Crippen LogP contribution in [-0.4, -0.2) is 6.54 Å². The minimum absolute atomic E-state index is 0.202. The van der Waals surface area contributed by atoms with Gasteiger partial charge in [0.05, 0.1) is 4.47 Å². The molecule has 0 saturated heterocycles. The zero-order valence-electron chi connectivity index (χ0n) is 12.7. The second-order valence-corrected chi connectivity index (χ2v) is 7.95. The van der Waals surface area contributed by atoms with Gasteiger partial charge in [-0.25, -0.2) is 4.39 Å². The van der Waals surface area contributed by atoms with Gasteiger partial charge < -0.3 is 5.32 Å². The number of benzene rings is 1. The van der Waals surface area contributed by atoms with Crippen molar-refractivity contribution in [3.8, 4) is 0 Å². The molecule has 3 heteroatoms. The van der Waals surface area contributed by atoms with Gasteiger partial charge in [-0.1, -0.05) is 20.8 Å². The Kier molecular flexibility index (Phi) is 5.11. The van der Waals surface area contributed by atoms with Crippen LogP contribution in [0.5, 0.6) is 0 Å². The van der Waals surface area contributed by atoms with Crippen LogP contribution in [0.25, 0.3) is 0 Å². The highest BCUT2D eigenvalue weighted by atomic mass is 79.9. The molecule has 1 aromatic carbocycles. The highest BCUT2D eigenvalue weighted by Crippen LogP contribution is 2.39. The molecule has 1 fully saturated rings. The summed E-state index contributed by atoms with van der Waals surface area (Å²) in [5.74, 6) is 1.37. The Morgan fingerprint density at radius 1 is 1.20 bits per heavy atom. The van der Waals surface area contributed by atoms with Crippen molar-refractivity contribution in [3.63, 3.8) is 0 Å². The van der Waals surface area contributed by atoms with E-state index in [1.807, 2.05) is 6.07 Å². The van der Waals surface area contributed by atoms with E-state index in [1.165, 1.54) is 25.7 Å². The Balaban J connectivity index is 1.80. The summed E-state index contributed by atoms with van der Waals surface area (Å²) in [6.45, 7) is 8.00. The molecule has 0 atom stereocenters. The molecule has 0 heterocycles. The minimum Gasteiger partial charge on any atom is -0.385 e. The minimum atomic E-state index is -0.202. The number of hydrogen-bond donors (Lipinski definition) is 1. The van der Waals surface area contributed by atoms with Crippen LogP contribution < -0.4 is 5.32 Å². The average Bonchev–Trinajstić information content (AvgIpc) is 2.40. The molecule has 0 aliphatic heterocycles. The van der Waals surface area contributed by atoms with Gasteiger partial charge in [-0.05, 0) is 77.1 Å². The van der Waals surface area contributed by atoms with Crippen LogP contribution in [0.3, 0.4) is 0 Å². The Hall–Kier alpha value is -0.570. The van der Waals surface area contributed by atoms with Crippen molar-refractivity contribution in [1.82, 2.24) is 0 Å². The Labute approximate surface area is 130 Å². The van der Waals surface area contributed by atoms with Crippen LogP contribution >= 0.6 is 15.9 Å². The van der Waals surface area contributed by atoms with E-state index >= 15 is 0 Å².